The molecule has 1 heterocycles. The van der Waals surface area contributed by atoms with E-state index in [4.69, 9.17) is 0 Å². The number of nitrogens with zero attached hydrogens (tertiary/aromatic N) is 3. The highest BCUT2D eigenvalue weighted by atomic mass is 16.2. The van der Waals surface area contributed by atoms with Gasteiger partial charge in [-0.15, -0.1) is 0 Å². The molecule has 1 atom stereocenters. The van der Waals surface area contributed by atoms with E-state index in [0.29, 0.717) is 12.2 Å². The molecule has 2 aromatic carbocycles. The largest absolute Gasteiger partial charge is 0.332 e. The van der Waals surface area contributed by atoms with Crippen molar-refractivity contribution in [2.75, 3.05) is 22.9 Å². The van der Waals surface area contributed by atoms with Gasteiger partial charge in [0.15, 0.2) is 0 Å². The average Bonchev–Trinajstić information content (AvgIpc) is 2.87. The van der Waals surface area contributed by atoms with E-state index in [1.165, 1.54) is 4.90 Å². The fourth-order valence-corrected chi connectivity index (χ4v) is 3.13. The van der Waals surface area contributed by atoms with Crippen LogP contribution in [0.1, 0.15) is 13.8 Å². The predicted octanol–water partition coefficient (Wildman–Crippen LogP) is 2.90. The van der Waals surface area contributed by atoms with Gasteiger partial charge in [0.05, 0.1) is 0 Å². The van der Waals surface area contributed by atoms with Gasteiger partial charge < -0.3 is 4.90 Å². The summed E-state index contributed by atoms with van der Waals surface area (Å²) in [5, 5.41) is 0. The Kier molecular flexibility index (Phi) is 5.02. The Morgan fingerprint density at radius 2 is 1.58 bits per heavy atom. The van der Waals surface area contributed by atoms with E-state index in [0.717, 1.165) is 10.6 Å². The first-order valence-corrected chi connectivity index (χ1v) is 8.59. The zero-order chi connectivity index (χ0) is 18.7. The number of para-hydroxylation sites is 2. The van der Waals surface area contributed by atoms with Gasteiger partial charge in [-0.1, -0.05) is 36.4 Å². The summed E-state index contributed by atoms with van der Waals surface area (Å²) in [6, 6.07) is 17.1. The molecule has 0 bridgehead atoms. The number of likely N-dealkylation sites (N-methyl/N-ethyl adjacent to an activating group) is 1. The smallest absolute Gasteiger partial charge is 0.311 e. The highest BCUT2D eigenvalue weighted by Crippen LogP contribution is 2.25. The summed E-state index contributed by atoms with van der Waals surface area (Å²) in [5.74, 6) is -0.654. The lowest BCUT2D eigenvalue weighted by Gasteiger charge is -2.23. The van der Waals surface area contributed by atoms with Crippen molar-refractivity contribution in [2.24, 2.45) is 0 Å². The van der Waals surface area contributed by atoms with Gasteiger partial charge >= 0.3 is 6.03 Å². The molecule has 6 heteroatoms. The van der Waals surface area contributed by atoms with E-state index in [1.54, 1.807) is 24.0 Å². The van der Waals surface area contributed by atoms with Crippen molar-refractivity contribution in [1.82, 2.24) is 4.90 Å². The number of hydrogen-bond donors (Lipinski definition) is 0. The molecule has 1 aliphatic heterocycles. The molecular weight excluding hydrogens is 330 g/mol. The number of urea groups is 1. The van der Waals surface area contributed by atoms with E-state index in [2.05, 4.69) is 0 Å². The van der Waals surface area contributed by atoms with Crippen LogP contribution < -0.4 is 9.80 Å². The maximum Gasteiger partial charge on any atom is 0.332 e. The van der Waals surface area contributed by atoms with Crippen molar-refractivity contribution in [1.29, 1.82) is 0 Å². The Morgan fingerprint density at radius 1 is 1.00 bits per heavy atom. The van der Waals surface area contributed by atoms with Crippen molar-refractivity contribution in [2.45, 2.75) is 19.9 Å². The van der Waals surface area contributed by atoms with Crippen molar-refractivity contribution in [3.05, 3.63) is 60.7 Å². The Labute approximate surface area is 152 Å². The maximum atomic E-state index is 12.8. The van der Waals surface area contributed by atoms with E-state index in [9.17, 15) is 14.4 Å². The van der Waals surface area contributed by atoms with Crippen LogP contribution in [-0.2, 0) is 9.59 Å². The van der Waals surface area contributed by atoms with E-state index >= 15 is 0 Å². The molecule has 134 valence electrons. The maximum absolute atomic E-state index is 12.8. The van der Waals surface area contributed by atoms with Crippen LogP contribution in [0.15, 0.2) is 60.7 Å². The molecule has 0 unspecified atom stereocenters. The summed E-state index contributed by atoms with van der Waals surface area (Å²) in [6.45, 7) is 3.72. The fourth-order valence-electron chi connectivity index (χ4n) is 3.13. The third-order valence-electron chi connectivity index (χ3n) is 4.46. The van der Waals surface area contributed by atoms with Gasteiger partial charge in [-0.3, -0.25) is 19.4 Å². The third kappa shape index (κ3) is 3.18. The Morgan fingerprint density at radius 3 is 2.15 bits per heavy atom. The van der Waals surface area contributed by atoms with Crippen LogP contribution in [0.25, 0.3) is 0 Å². The first-order chi connectivity index (χ1) is 12.5. The molecule has 6 nitrogen and oxygen atoms in total. The van der Waals surface area contributed by atoms with Crippen molar-refractivity contribution in [3.8, 4) is 0 Å². The molecule has 0 spiro atoms. The van der Waals surface area contributed by atoms with Gasteiger partial charge in [-0.25, -0.2) is 4.79 Å². The number of imide groups is 1. The number of benzene rings is 2. The summed E-state index contributed by atoms with van der Waals surface area (Å²) in [6.07, 6.45) is 0. The molecule has 0 saturated carbocycles. The van der Waals surface area contributed by atoms with Crippen LogP contribution in [0.5, 0.6) is 0 Å². The summed E-state index contributed by atoms with van der Waals surface area (Å²) in [4.78, 5) is 42.1. The van der Waals surface area contributed by atoms with Gasteiger partial charge in [-0.2, -0.15) is 0 Å². The first-order valence-electron chi connectivity index (χ1n) is 8.59. The van der Waals surface area contributed by atoms with Crippen LogP contribution >= 0.6 is 0 Å². The second-order valence-corrected chi connectivity index (χ2v) is 6.06. The molecule has 26 heavy (non-hydrogen) atoms. The summed E-state index contributed by atoms with van der Waals surface area (Å²) in [5.41, 5.74) is 1.38. The lowest BCUT2D eigenvalue weighted by molar-refractivity contribution is -0.131. The molecule has 0 N–H and O–H groups in total. The second kappa shape index (κ2) is 7.39. The SMILES string of the molecule is CCN(C(=O)CN1C(=O)[C@H](C)N(c2ccccc2)C1=O)c1ccccc1. The second-order valence-electron chi connectivity index (χ2n) is 6.06. The van der Waals surface area contributed by atoms with Crippen LogP contribution in [0.3, 0.4) is 0 Å². The molecule has 0 radical (unpaired) electrons. The fraction of sp³-hybridized carbons (Fsp3) is 0.250. The van der Waals surface area contributed by atoms with Crippen molar-refractivity contribution < 1.29 is 14.4 Å². The monoisotopic (exact) mass is 351 g/mol. The van der Waals surface area contributed by atoms with Crippen LogP contribution in [0.2, 0.25) is 0 Å². The zero-order valence-corrected chi connectivity index (χ0v) is 14.8. The number of carbonyl (C=O) groups excluding carboxylic acids is 3. The van der Waals surface area contributed by atoms with Crippen LogP contribution in [-0.4, -0.2) is 41.9 Å². The number of anilines is 2. The number of rotatable bonds is 5. The lowest BCUT2D eigenvalue weighted by atomic mass is 10.2. The number of hydrogen-bond acceptors (Lipinski definition) is 3. The minimum absolute atomic E-state index is 0.270. The molecule has 1 saturated heterocycles. The Hall–Kier alpha value is -3.15. The van der Waals surface area contributed by atoms with Crippen LogP contribution in [0.4, 0.5) is 16.2 Å². The average molecular weight is 351 g/mol. The number of amides is 4. The molecule has 3 rings (SSSR count). The third-order valence-corrected chi connectivity index (χ3v) is 4.46. The van der Waals surface area contributed by atoms with Gasteiger partial charge in [0, 0.05) is 17.9 Å². The minimum atomic E-state index is -0.635. The van der Waals surface area contributed by atoms with Gasteiger partial charge in [0.2, 0.25) is 5.91 Å². The highest BCUT2D eigenvalue weighted by molar-refractivity contribution is 6.16. The van der Waals surface area contributed by atoms with E-state index in [-0.39, 0.29) is 18.4 Å². The topological polar surface area (TPSA) is 60.9 Å². The quantitative estimate of drug-likeness (QED) is 0.778. The molecule has 1 fully saturated rings. The Bertz CT molecular complexity index is 808. The van der Waals surface area contributed by atoms with Gasteiger partial charge in [0.1, 0.15) is 12.6 Å². The molecule has 4 amide bonds. The standard InChI is InChI=1S/C20H21N3O3/c1-3-21(16-10-6-4-7-11-16)18(24)14-22-19(25)15(2)23(20(22)26)17-12-8-5-9-13-17/h4-13,15H,3,14H2,1-2H3/t15-/m0/s1. The summed E-state index contributed by atoms with van der Waals surface area (Å²) < 4.78 is 0. The molecule has 0 aliphatic carbocycles. The molecule has 2 aromatic rings. The molecule has 0 aromatic heterocycles. The first kappa shape index (κ1) is 17.7. The molecular formula is C20H21N3O3. The van der Waals surface area contributed by atoms with Crippen LogP contribution in [0, 0.1) is 0 Å². The van der Waals surface area contributed by atoms with Gasteiger partial charge in [0.25, 0.3) is 5.91 Å². The Balaban J connectivity index is 1.80. The predicted molar refractivity (Wildman–Crippen MR) is 100.0 cm³/mol. The zero-order valence-electron chi connectivity index (χ0n) is 14.8. The minimum Gasteiger partial charge on any atom is -0.311 e. The number of carbonyl (C=O) groups is 3. The van der Waals surface area contributed by atoms with E-state index < -0.39 is 12.1 Å². The lowest BCUT2D eigenvalue weighted by Crippen LogP contribution is -2.43. The van der Waals surface area contributed by atoms with Gasteiger partial charge in [-0.05, 0) is 38.1 Å². The van der Waals surface area contributed by atoms with Crippen molar-refractivity contribution in [3.63, 3.8) is 0 Å². The molecule has 1 aliphatic rings. The highest BCUT2D eigenvalue weighted by Gasteiger charge is 2.44. The summed E-state index contributed by atoms with van der Waals surface area (Å²) >= 11 is 0. The van der Waals surface area contributed by atoms with E-state index in [1.807, 2.05) is 55.5 Å². The van der Waals surface area contributed by atoms with Crippen molar-refractivity contribution >= 4 is 29.2 Å². The summed E-state index contributed by atoms with van der Waals surface area (Å²) in [7, 11) is 0. The normalized spacial score (nSPS) is 16.9.